The molecule has 1 saturated heterocycles. The Morgan fingerprint density at radius 1 is 1.09 bits per heavy atom. The highest BCUT2D eigenvalue weighted by Gasteiger charge is 2.21. The summed E-state index contributed by atoms with van der Waals surface area (Å²) in [4.78, 5) is 16.4. The third-order valence-electron chi connectivity index (χ3n) is 4.16. The first-order chi connectivity index (χ1) is 10.7. The molecule has 0 aliphatic carbocycles. The van der Waals surface area contributed by atoms with Crippen LogP contribution >= 0.6 is 0 Å². The van der Waals surface area contributed by atoms with Crippen LogP contribution in [0.15, 0.2) is 24.3 Å². The zero-order chi connectivity index (χ0) is 15.8. The normalized spacial score (nSPS) is 16.0. The van der Waals surface area contributed by atoms with Gasteiger partial charge in [-0.15, -0.1) is 0 Å². The van der Waals surface area contributed by atoms with Gasteiger partial charge in [0.1, 0.15) is 5.82 Å². The number of nitrogens with zero attached hydrogens (tertiary/aromatic N) is 2. The summed E-state index contributed by atoms with van der Waals surface area (Å²) >= 11 is 0. The highest BCUT2D eigenvalue weighted by Crippen LogP contribution is 2.11. The van der Waals surface area contributed by atoms with Crippen molar-refractivity contribution in [2.45, 2.75) is 25.7 Å². The Morgan fingerprint density at radius 3 is 2.50 bits per heavy atom. The monoisotopic (exact) mass is 308 g/mol. The quantitative estimate of drug-likeness (QED) is 0.779. The van der Waals surface area contributed by atoms with Crippen molar-refractivity contribution in [2.24, 2.45) is 0 Å². The third-order valence-corrected chi connectivity index (χ3v) is 4.16. The predicted molar refractivity (Wildman–Crippen MR) is 84.1 cm³/mol. The molecule has 0 bridgehead atoms. The van der Waals surface area contributed by atoms with Gasteiger partial charge in [-0.3, -0.25) is 9.69 Å². The molecule has 1 aliphatic heterocycles. The lowest BCUT2D eigenvalue weighted by Crippen LogP contribution is -2.49. The van der Waals surface area contributed by atoms with Crippen LogP contribution < -0.4 is 0 Å². The summed E-state index contributed by atoms with van der Waals surface area (Å²) in [6.45, 7) is 4.47. The van der Waals surface area contributed by atoms with Gasteiger partial charge in [0.25, 0.3) is 0 Å². The van der Waals surface area contributed by atoms with Crippen molar-refractivity contribution < 1.29 is 14.3 Å². The number of halogens is 1. The molecular weight excluding hydrogens is 283 g/mol. The van der Waals surface area contributed by atoms with E-state index in [0.29, 0.717) is 18.7 Å². The van der Waals surface area contributed by atoms with Gasteiger partial charge in [-0.2, -0.15) is 0 Å². The van der Waals surface area contributed by atoms with Gasteiger partial charge in [0.05, 0.1) is 6.42 Å². The summed E-state index contributed by atoms with van der Waals surface area (Å²) in [6.07, 6.45) is 3.14. The van der Waals surface area contributed by atoms with Crippen LogP contribution in [-0.4, -0.2) is 60.1 Å². The Balaban J connectivity index is 1.72. The van der Waals surface area contributed by atoms with E-state index in [1.54, 1.807) is 18.2 Å². The standard InChI is InChI=1S/C17H25FN2O2/c18-16-7-3-2-6-15(16)14-17(22)20-11-9-19(10-12-20)8-4-1-5-13-21/h2-3,6-7,21H,1,4-5,8-14H2. The first-order valence-electron chi connectivity index (χ1n) is 8.05. The minimum Gasteiger partial charge on any atom is -0.396 e. The lowest BCUT2D eigenvalue weighted by molar-refractivity contribution is -0.132. The maximum Gasteiger partial charge on any atom is 0.227 e. The number of hydrogen-bond donors (Lipinski definition) is 1. The van der Waals surface area contributed by atoms with Gasteiger partial charge in [0, 0.05) is 32.8 Å². The SMILES string of the molecule is O=C(Cc1ccccc1F)N1CCN(CCCCCO)CC1. The van der Waals surface area contributed by atoms with Gasteiger partial charge in [0.15, 0.2) is 0 Å². The molecule has 4 nitrogen and oxygen atoms in total. The van der Waals surface area contributed by atoms with E-state index in [1.165, 1.54) is 6.07 Å². The molecule has 2 rings (SSSR count). The molecular formula is C17H25FN2O2. The van der Waals surface area contributed by atoms with E-state index in [-0.39, 0.29) is 24.8 Å². The van der Waals surface area contributed by atoms with E-state index in [4.69, 9.17) is 5.11 Å². The summed E-state index contributed by atoms with van der Waals surface area (Å²) in [5.74, 6) is -0.302. The van der Waals surface area contributed by atoms with Crippen LogP contribution in [-0.2, 0) is 11.2 Å². The lowest BCUT2D eigenvalue weighted by Gasteiger charge is -2.34. The fraction of sp³-hybridized carbons (Fsp3) is 0.588. The zero-order valence-corrected chi connectivity index (χ0v) is 13.0. The van der Waals surface area contributed by atoms with Gasteiger partial charge in [0.2, 0.25) is 5.91 Å². The van der Waals surface area contributed by atoms with E-state index in [1.807, 2.05) is 4.90 Å². The number of piperazine rings is 1. The predicted octanol–water partition coefficient (Wildman–Crippen LogP) is 1.68. The van der Waals surface area contributed by atoms with Crippen molar-refractivity contribution >= 4 is 5.91 Å². The summed E-state index contributed by atoms with van der Waals surface area (Å²) in [5.41, 5.74) is 0.471. The zero-order valence-electron chi connectivity index (χ0n) is 13.0. The van der Waals surface area contributed by atoms with Crippen LogP contribution in [0.4, 0.5) is 4.39 Å². The summed E-state index contributed by atoms with van der Waals surface area (Å²) in [5, 5.41) is 8.76. The van der Waals surface area contributed by atoms with E-state index >= 15 is 0 Å². The van der Waals surface area contributed by atoms with E-state index < -0.39 is 0 Å². The highest BCUT2D eigenvalue weighted by molar-refractivity contribution is 5.78. The number of benzene rings is 1. The lowest BCUT2D eigenvalue weighted by atomic mass is 10.1. The minimum absolute atomic E-state index is 0.00466. The van der Waals surface area contributed by atoms with Crippen molar-refractivity contribution in [3.63, 3.8) is 0 Å². The molecule has 1 heterocycles. The Kier molecular flexibility index (Phi) is 6.80. The molecule has 1 aromatic rings. The number of amides is 1. The van der Waals surface area contributed by atoms with Crippen LogP contribution in [0.5, 0.6) is 0 Å². The van der Waals surface area contributed by atoms with Crippen LogP contribution in [0.25, 0.3) is 0 Å². The van der Waals surface area contributed by atoms with Gasteiger partial charge >= 0.3 is 0 Å². The second-order valence-electron chi connectivity index (χ2n) is 5.77. The molecule has 0 atom stereocenters. The van der Waals surface area contributed by atoms with Crippen LogP contribution in [0, 0.1) is 5.82 Å². The third kappa shape index (κ3) is 5.07. The molecule has 0 aromatic heterocycles. The average molecular weight is 308 g/mol. The fourth-order valence-electron chi connectivity index (χ4n) is 2.76. The molecule has 0 unspecified atom stereocenters. The Hall–Kier alpha value is -1.46. The average Bonchev–Trinajstić information content (AvgIpc) is 2.54. The number of hydrogen-bond acceptors (Lipinski definition) is 3. The first-order valence-corrected chi connectivity index (χ1v) is 8.05. The van der Waals surface area contributed by atoms with Crippen LogP contribution in [0.1, 0.15) is 24.8 Å². The van der Waals surface area contributed by atoms with Crippen molar-refractivity contribution in [3.8, 4) is 0 Å². The topological polar surface area (TPSA) is 43.8 Å². The molecule has 0 saturated carbocycles. The van der Waals surface area contributed by atoms with Crippen LogP contribution in [0.3, 0.4) is 0 Å². The molecule has 1 aliphatic rings. The second-order valence-corrected chi connectivity index (χ2v) is 5.77. The highest BCUT2D eigenvalue weighted by atomic mass is 19.1. The molecule has 0 spiro atoms. The van der Waals surface area contributed by atoms with E-state index in [0.717, 1.165) is 38.9 Å². The van der Waals surface area contributed by atoms with Gasteiger partial charge in [-0.25, -0.2) is 4.39 Å². The Bertz CT molecular complexity index is 473. The van der Waals surface area contributed by atoms with Crippen molar-refractivity contribution in [2.75, 3.05) is 39.3 Å². The number of rotatable bonds is 7. The minimum atomic E-state index is -0.307. The van der Waals surface area contributed by atoms with Crippen molar-refractivity contribution in [1.82, 2.24) is 9.80 Å². The molecule has 1 amide bonds. The van der Waals surface area contributed by atoms with Crippen molar-refractivity contribution in [1.29, 1.82) is 0 Å². The number of unbranched alkanes of at least 4 members (excludes halogenated alkanes) is 2. The van der Waals surface area contributed by atoms with Gasteiger partial charge in [-0.05, 0) is 37.4 Å². The van der Waals surface area contributed by atoms with E-state index in [9.17, 15) is 9.18 Å². The molecule has 0 radical (unpaired) electrons. The molecule has 5 heteroatoms. The number of carbonyl (C=O) groups excluding carboxylic acids is 1. The van der Waals surface area contributed by atoms with Gasteiger partial charge < -0.3 is 10.0 Å². The number of aliphatic hydroxyl groups is 1. The molecule has 1 N–H and O–H groups in total. The second kappa shape index (κ2) is 8.86. The first kappa shape index (κ1) is 16.9. The van der Waals surface area contributed by atoms with Crippen molar-refractivity contribution in [3.05, 3.63) is 35.6 Å². The smallest absolute Gasteiger partial charge is 0.227 e. The largest absolute Gasteiger partial charge is 0.396 e. The molecule has 122 valence electrons. The maximum absolute atomic E-state index is 13.6. The van der Waals surface area contributed by atoms with Crippen LogP contribution in [0.2, 0.25) is 0 Å². The Labute approximate surface area is 131 Å². The molecule has 1 aromatic carbocycles. The summed E-state index contributed by atoms with van der Waals surface area (Å²) in [7, 11) is 0. The summed E-state index contributed by atoms with van der Waals surface area (Å²) in [6, 6.07) is 6.46. The maximum atomic E-state index is 13.6. The number of carbonyl (C=O) groups is 1. The Morgan fingerprint density at radius 2 is 1.82 bits per heavy atom. The molecule has 1 fully saturated rings. The van der Waals surface area contributed by atoms with Gasteiger partial charge in [-0.1, -0.05) is 18.2 Å². The number of aliphatic hydroxyl groups excluding tert-OH is 1. The fourth-order valence-corrected chi connectivity index (χ4v) is 2.76. The summed E-state index contributed by atoms with van der Waals surface area (Å²) < 4.78 is 13.6. The molecule has 22 heavy (non-hydrogen) atoms. The van der Waals surface area contributed by atoms with E-state index in [2.05, 4.69) is 4.90 Å².